The number of aliphatic hydroxyl groups is 1. The number of hydrogen-bond acceptors (Lipinski definition) is 7. The van der Waals surface area contributed by atoms with Crippen molar-refractivity contribution >= 4 is 17.4 Å². The van der Waals surface area contributed by atoms with E-state index < -0.39 is 17.7 Å². The maximum Gasteiger partial charge on any atom is 0.295 e. The predicted octanol–water partition coefficient (Wildman–Crippen LogP) is 5.35. The number of Topliss-reactive ketones (excluding diaryl/α,β-unsaturated/α-hetero) is 1. The number of hydrogen-bond donors (Lipinski definition) is 1. The van der Waals surface area contributed by atoms with E-state index in [1.54, 1.807) is 18.1 Å². The minimum Gasteiger partial charge on any atom is -0.507 e. The number of aliphatic hydroxyl groups excluding tert-OH is 1. The smallest absolute Gasteiger partial charge is 0.295 e. The van der Waals surface area contributed by atoms with Gasteiger partial charge in [0.05, 0.1) is 25.3 Å². The van der Waals surface area contributed by atoms with E-state index in [1.807, 2.05) is 37.3 Å². The number of unbranched alkanes of at least 4 members (excludes halogenated alkanes) is 2. The highest BCUT2D eigenvalue weighted by molar-refractivity contribution is 6.46. The Morgan fingerprint density at radius 2 is 1.85 bits per heavy atom. The number of ether oxygens (including phenoxy) is 3. The van der Waals surface area contributed by atoms with Crippen LogP contribution in [0.15, 0.2) is 42.0 Å². The SMILES string of the molecule is CCCCCOc1ccc(C2C(=C(O)c3ccc4c(c3)CC(C)O4)C(=O)C(=O)N2CCN(CC)CC)cc1OC. The lowest BCUT2D eigenvalue weighted by Crippen LogP contribution is -2.38. The highest BCUT2D eigenvalue weighted by atomic mass is 16.5. The van der Waals surface area contributed by atoms with E-state index in [2.05, 4.69) is 25.7 Å². The van der Waals surface area contributed by atoms with E-state index in [0.717, 1.165) is 50.1 Å². The van der Waals surface area contributed by atoms with Crippen molar-refractivity contribution in [1.29, 1.82) is 0 Å². The van der Waals surface area contributed by atoms with Crippen molar-refractivity contribution in [3.63, 3.8) is 0 Å². The summed E-state index contributed by atoms with van der Waals surface area (Å²) in [6, 6.07) is 10.1. The van der Waals surface area contributed by atoms with Gasteiger partial charge in [-0.05, 0) is 67.9 Å². The molecule has 2 heterocycles. The Bertz CT molecular complexity index is 1250. The summed E-state index contributed by atoms with van der Waals surface area (Å²) in [5.74, 6) is 0.415. The summed E-state index contributed by atoms with van der Waals surface area (Å²) in [4.78, 5) is 30.7. The fraction of sp³-hybridized carbons (Fsp3) is 0.500. The molecule has 2 aromatic rings. The molecule has 216 valence electrons. The second kappa shape index (κ2) is 13.2. The molecule has 2 aliphatic heterocycles. The molecule has 2 unspecified atom stereocenters. The number of nitrogens with zero attached hydrogens (tertiary/aromatic N) is 2. The van der Waals surface area contributed by atoms with Crippen LogP contribution in [0.3, 0.4) is 0 Å². The van der Waals surface area contributed by atoms with Gasteiger partial charge in [0.1, 0.15) is 17.6 Å². The molecule has 1 fully saturated rings. The van der Waals surface area contributed by atoms with E-state index in [-0.39, 0.29) is 17.4 Å². The van der Waals surface area contributed by atoms with Gasteiger partial charge in [-0.3, -0.25) is 9.59 Å². The van der Waals surface area contributed by atoms with E-state index in [0.29, 0.717) is 42.3 Å². The zero-order valence-corrected chi connectivity index (χ0v) is 24.4. The van der Waals surface area contributed by atoms with Crippen molar-refractivity contribution in [3.8, 4) is 17.2 Å². The van der Waals surface area contributed by atoms with Gasteiger partial charge in [-0.25, -0.2) is 0 Å². The first-order valence-corrected chi connectivity index (χ1v) is 14.4. The fourth-order valence-corrected chi connectivity index (χ4v) is 5.48. The number of ketones is 1. The number of carbonyl (C=O) groups excluding carboxylic acids is 2. The van der Waals surface area contributed by atoms with Crippen LogP contribution in [0.4, 0.5) is 0 Å². The Morgan fingerprint density at radius 3 is 2.55 bits per heavy atom. The highest BCUT2D eigenvalue weighted by Gasteiger charge is 2.46. The first-order valence-electron chi connectivity index (χ1n) is 14.4. The zero-order chi connectivity index (χ0) is 28.8. The number of amides is 1. The third-order valence-electron chi connectivity index (χ3n) is 7.77. The van der Waals surface area contributed by atoms with Gasteiger partial charge in [-0.15, -0.1) is 0 Å². The molecule has 0 bridgehead atoms. The Balaban J connectivity index is 1.76. The van der Waals surface area contributed by atoms with Crippen molar-refractivity contribution in [3.05, 3.63) is 58.7 Å². The Hall–Kier alpha value is -3.52. The average molecular weight is 551 g/mol. The number of likely N-dealkylation sites (tertiary alicyclic amines) is 1. The minimum atomic E-state index is -0.762. The molecular formula is C32H42N2O6. The maximum atomic E-state index is 13.5. The van der Waals surface area contributed by atoms with Crippen LogP contribution in [0, 0.1) is 0 Å². The topological polar surface area (TPSA) is 88.5 Å². The lowest BCUT2D eigenvalue weighted by atomic mass is 9.94. The lowest BCUT2D eigenvalue weighted by Gasteiger charge is -2.28. The molecule has 4 rings (SSSR count). The first kappa shape index (κ1) is 29.5. The quantitative estimate of drug-likeness (QED) is 0.156. The molecule has 2 atom stereocenters. The largest absolute Gasteiger partial charge is 0.507 e. The molecule has 2 aliphatic rings. The van der Waals surface area contributed by atoms with Crippen LogP contribution in [0.25, 0.3) is 5.76 Å². The number of fused-ring (bicyclic) bond motifs is 1. The molecule has 1 saturated heterocycles. The lowest BCUT2D eigenvalue weighted by molar-refractivity contribution is -0.140. The van der Waals surface area contributed by atoms with Crippen molar-refractivity contribution < 1.29 is 28.9 Å². The summed E-state index contributed by atoms with van der Waals surface area (Å²) in [7, 11) is 1.57. The molecule has 0 spiro atoms. The number of likely N-dealkylation sites (N-methyl/N-ethyl adjacent to an activating group) is 1. The molecule has 0 aromatic heterocycles. The molecule has 8 nitrogen and oxygen atoms in total. The second-order valence-corrected chi connectivity index (χ2v) is 10.4. The van der Waals surface area contributed by atoms with Crippen molar-refractivity contribution in [2.45, 2.75) is 65.5 Å². The summed E-state index contributed by atoms with van der Waals surface area (Å²) in [5, 5.41) is 11.5. The monoisotopic (exact) mass is 550 g/mol. The Kier molecular flexibility index (Phi) is 9.74. The molecule has 0 aliphatic carbocycles. The zero-order valence-electron chi connectivity index (χ0n) is 24.4. The molecule has 1 amide bonds. The van der Waals surface area contributed by atoms with Crippen LogP contribution in [-0.2, 0) is 16.0 Å². The molecule has 40 heavy (non-hydrogen) atoms. The van der Waals surface area contributed by atoms with Gasteiger partial charge in [0.2, 0.25) is 0 Å². The fourth-order valence-electron chi connectivity index (χ4n) is 5.48. The molecule has 2 aromatic carbocycles. The van der Waals surface area contributed by atoms with Gasteiger partial charge in [0.25, 0.3) is 11.7 Å². The molecule has 0 saturated carbocycles. The van der Waals surface area contributed by atoms with Crippen LogP contribution < -0.4 is 14.2 Å². The van der Waals surface area contributed by atoms with Crippen LogP contribution in [0.1, 0.15) is 69.7 Å². The number of methoxy groups -OCH3 is 1. The summed E-state index contributed by atoms with van der Waals surface area (Å²) >= 11 is 0. The van der Waals surface area contributed by atoms with E-state index in [4.69, 9.17) is 14.2 Å². The van der Waals surface area contributed by atoms with Crippen LogP contribution in [-0.4, -0.2) is 72.6 Å². The summed E-state index contributed by atoms with van der Waals surface area (Å²) < 4.78 is 17.4. The van der Waals surface area contributed by atoms with Crippen molar-refractivity contribution in [2.75, 3.05) is 39.9 Å². The summed E-state index contributed by atoms with van der Waals surface area (Å²) in [6.45, 7) is 11.5. The van der Waals surface area contributed by atoms with Crippen LogP contribution in [0.2, 0.25) is 0 Å². The Labute approximate surface area is 237 Å². The van der Waals surface area contributed by atoms with Gasteiger partial charge in [0, 0.05) is 25.1 Å². The maximum absolute atomic E-state index is 13.5. The van der Waals surface area contributed by atoms with Crippen LogP contribution >= 0.6 is 0 Å². The van der Waals surface area contributed by atoms with Crippen LogP contribution in [0.5, 0.6) is 17.2 Å². The van der Waals surface area contributed by atoms with E-state index >= 15 is 0 Å². The predicted molar refractivity (Wildman–Crippen MR) is 155 cm³/mol. The standard InChI is InChI=1S/C32H42N2O6/c1-6-9-10-17-39-26-14-11-22(20-27(26)38-5)29-28(31(36)32(37)34(29)16-15-33(7-2)8-3)30(35)23-12-13-25-24(19-23)18-21(4)40-25/h11-14,19-21,29,35H,6-10,15-18H2,1-5H3. The van der Waals surface area contributed by atoms with E-state index in [9.17, 15) is 14.7 Å². The molecule has 1 N–H and O–H groups in total. The highest BCUT2D eigenvalue weighted by Crippen LogP contribution is 2.42. The van der Waals surface area contributed by atoms with Gasteiger partial charge >= 0.3 is 0 Å². The third kappa shape index (κ3) is 6.12. The van der Waals surface area contributed by atoms with Gasteiger partial charge in [0.15, 0.2) is 11.5 Å². The third-order valence-corrected chi connectivity index (χ3v) is 7.77. The summed E-state index contributed by atoms with van der Waals surface area (Å²) in [6.07, 6.45) is 3.89. The van der Waals surface area contributed by atoms with Gasteiger partial charge in [-0.2, -0.15) is 0 Å². The van der Waals surface area contributed by atoms with Crippen molar-refractivity contribution in [1.82, 2.24) is 9.80 Å². The first-order chi connectivity index (χ1) is 19.3. The Morgan fingerprint density at radius 1 is 1.07 bits per heavy atom. The minimum absolute atomic E-state index is 0.0493. The number of carbonyl (C=O) groups is 2. The van der Waals surface area contributed by atoms with Gasteiger partial charge in [-0.1, -0.05) is 39.7 Å². The normalized spacial score (nSPS) is 19.7. The van der Waals surface area contributed by atoms with Crippen molar-refractivity contribution in [2.24, 2.45) is 0 Å². The second-order valence-electron chi connectivity index (χ2n) is 10.4. The number of benzene rings is 2. The van der Waals surface area contributed by atoms with E-state index in [1.165, 1.54) is 0 Å². The molecular weight excluding hydrogens is 508 g/mol. The van der Waals surface area contributed by atoms with Gasteiger partial charge < -0.3 is 29.1 Å². The molecule has 0 radical (unpaired) electrons. The molecule has 8 heteroatoms. The average Bonchev–Trinajstić information content (AvgIpc) is 3.46. The number of rotatable bonds is 13. The summed E-state index contributed by atoms with van der Waals surface area (Å²) in [5.41, 5.74) is 2.22.